The van der Waals surface area contributed by atoms with Crippen molar-refractivity contribution in [3.63, 3.8) is 0 Å². The maximum atomic E-state index is 12.0. The lowest BCUT2D eigenvalue weighted by Gasteiger charge is -2.18. The molecule has 0 bridgehead atoms. The van der Waals surface area contributed by atoms with Gasteiger partial charge in [0.25, 0.3) is 0 Å². The average Bonchev–Trinajstić information content (AvgIpc) is 3.07. The van der Waals surface area contributed by atoms with E-state index < -0.39 is 0 Å². The Bertz CT molecular complexity index is 532. The zero-order valence-electron chi connectivity index (χ0n) is 12.0. The molecule has 0 fully saturated rings. The number of nitrogens with zero attached hydrogens (tertiary/aromatic N) is 4. The van der Waals surface area contributed by atoms with E-state index in [0.717, 1.165) is 18.7 Å². The predicted octanol–water partition coefficient (Wildman–Crippen LogP) is 1.66. The number of carbonyl (C=O) groups is 1. The van der Waals surface area contributed by atoms with Crippen molar-refractivity contribution in [1.82, 2.24) is 24.4 Å². The zero-order chi connectivity index (χ0) is 14.4. The highest BCUT2D eigenvalue weighted by Gasteiger charge is 2.17. The van der Waals surface area contributed by atoms with Gasteiger partial charge in [0.2, 0.25) is 5.91 Å². The smallest absolute Gasteiger partial charge is 0.222 e. The molecule has 0 aliphatic carbocycles. The molecule has 2 aromatic heterocycles. The number of carbonyl (C=O) groups excluding carboxylic acids is 1. The molecular weight excluding hydrogens is 254 g/mol. The normalized spacial score (nSPS) is 12.3. The number of imidazole rings is 2. The van der Waals surface area contributed by atoms with Crippen molar-refractivity contribution in [3.05, 3.63) is 36.9 Å². The largest absolute Gasteiger partial charge is 0.346 e. The molecule has 0 spiro atoms. The fourth-order valence-electron chi connectivity index (χ4n) is 2.18. The Hall–Kier alpha value is -2.11. The van der Waals surface area contributed by atoms with Crippen molar-refractivity contribution in [1.29, 1.82) is 0 Å². The summed E-state index contributed by atoms with van der Waals surface area (Å²) in [7, 11) is 1.95. The summed E-state index contributed by atoms with van der Waals surface area (Å²) in [6.45, 7) is 2.75. The number of nitrogens with one attached hydrogen (secondary N) is 1. The average molecular weight is 275 g/mol. The highest BCUT2D eigenvalue weighted by molar-refractivity contribution is 5.76. The maximum Gasteiger partial charge on any atom is 0.222 e. The number of hydrogen-bond donors (Lipinski definition) is 1. The monoisotopic (exact) mass is 275 g/mol. The fraction of sp³-hybridized carbons (Fsp3) is 0.500. The number of amides is 1. The molecule has 0 radical (unpaired) electrons. The van der Waals surface area contributed by atoms with Crippen LogP contribution in [0.4, 0.5) is 0 Å². The molecule has 2 aromatic rings. The van der Waals surface area contributed by atoms with Gasteiger partial charge in [0.15, 0.2) is 0 Å². The molecule has 0 aromatic carbocycles. The second kappa shape index (κ2) is 6.88. The van der Waals surface area contributed by atoms with Gasteiger partial charge in [-0.15, -0.1) is 0 Å². The van der Waals surface area contributed by atoms with E-state index in [2.05, 4.69) is 22.2 Å². The first-order chi connectivity index (χ1) is 9.70. The van der Waals surface area contributed by atoms with Crippen molar-refractivity contribution < 1.29 is 4.79 Å². The molecule has 0 saturated heterocycles. The molecule has 1 amide bonds. The Kier molecular flexibility index (Phi) is 4.92. The Morgan fingerprint density at radius 2 is 2.25 bits per heavy atom. The molecule has 20 heavy (non-hydrogen) atoms. The van der Waals surface area contributed by atoms with Crippen LogP contribution in [0, 0.1) is 0 Å². The SMILES string of the molecule is CCC[C@@H](NC(=O)CCn1ccnc1)c1nccn1C. The van der Waals surface area contributed by atoms with Gasteiger partial charge in [-0.3, -0.25) is 4.79 Å². The van der Waals surface area contributed by atoms with Crippen LogP contribution < -0.4 is 5.32 Å². The molecule has 0 saturated carbocycles. The highest BCUT2D eigenvalue weighted by atomic mass is 16.1. The van der Waals surface area contributed by atoms with E-state index in [4.69, 9.17) is 0 Å². The van der Waals surface area contributed by atoms with Crippen LogP contribution in [0.5, 0.6) is 0 Å². The molecule has 0 aliphatic rings. The Morgan fingerprint density at radius 1 is 1.40 bits per heavy atom. The van der Waals surface area contributed by atoms with Crippen LogP contribution in [0.1, 0.15) is 38.1 Å². The standard InChI is InChI=1S/C14H21N5O/c1-3-4-12(14-16-7-9-18(14)2)17-13(20)5-8-19-10-6-15-11-19/h6-7,9-12H,3-5,8H2,1-2H3,(H,17,20)/t12-/m1/s1. The van der Waals surface area contributed by atoms with Crippen LogP contribution >= 0.6 is 0 Å². The summed E-state index contributed by atoms with van der Waals surface area (Å²) >= 11 is 0. The van der Waals surface area contributed by atoms with Crippen LogP contribution in [0.3, 0.4) is 0 Å². The molecule has 1 N–H and O–H groups in total. The lowest BCUT2D eigenvalue weighted by Crippen LogP contribution is -2.30. The lowest BCUT2D eigenvalue weighted by atomic mass is 10.1. The lowest BCUT2D eigenvalue weighted by molar-refractivity contribution is -0.122. The van der Waals surface area contributed by atoms with Gasteiger partial charge in [0, 0.05) is 44.8 Å². The first kappa shape index (κ1) is 14.3. The van der Waals surface area contributed by atoms with Gasteiger partial charge >= 0.3 is 0 Å². The molecule has 108 valence electrons. The second-order valence-electron chi connectivity index (χ2n) is 4.86. The van der Waals surface area contributed by atoms with Crippen molar-refractivity contribution in [2.24, 2.45) is 7.05 Å². The number of aryl methyl sites for hydroxylation is 2. The van der Waals surface area contributed by atoms with E-state index in [1.807, 2.05) is 28.6 Å². The van der Waals surface area contributed by atoms with Crippen LogP contribution in [0.15, 0.2) is 31.1 Å². The van der Waals surface area contributed by atoms with Crippen molar-refractivity contribution in [2.75, 3.05) is 0 Å². The van der Waals surface area contributed by atoms with Gasteiger partial charge < -0.3 is 14.5 Å². The molecule has 2 rings (SSSR count). The molecule has 1 atom stereocenters. The van der Waals surface area contributed by atoms with Crippen LogP contribution in [0.25, 0.3) is 0 Å². The van der Waals surface area contributed by atoms with E-state index >= 15 is 0 Å². The highest BCUT2D eigenvalue weighted by Crippen LogP contribution is 2.16. The third-order valence-electron chi connectivity index (χ3n) is 3.24. The number of hydrogen-bond acceptors (Lipinski definition) is 3. The molecule has 6 heteroatoms. The molecule has 6 nitrogen and oxygen atoms in total. The Labute approximate surface area is 118 Å². The first-order valence-corrected chi connectivity index (χ1v) is 6.93. The summed E-state index contributed by atoms with van der Waals surface area (Å²) in [5.41, 5.74) is 0. The first-order valence-electron chi connectivity index (χ1n) is 6.93. The topological polar surface area (TPSA) is 64.7 Å². The van der Waals surface area contributed by atoms with E-state index in [9.17, 15) is 4.79 Å². The van der Waals surface area contributed by atoms with Gasteiger partial charge in [-0.2, -0.15) is 0 Å². The number of aromatic nitrogens is 4. The zero-order valence-corrected chi connectivity index (χ0v) is 12.0. The van der Waals surface area contributed by atoms with Crippen molar-refractivity contribution in [3.8, 4) is 0 Å². The molecular formula is C14H21N5O. The van der Waals surface area contributed by atoms with Crippen LogP contribution in [-0.4, -0.2) is 25.0 Å². The van der Waals surface area contributed by atoms with E-state index in [0.29, 0.717) is 13.0 Å². The second-order valence-corrected chi connectivity index (χ2v) is 4.86. The minimum atomic E-state index is -0.0183. The summed E-state index contributed by atoms with van der Waals surface area (Å²) in [5.74, 6) is 0.947. The van der Waals surface area contributed by atoms with Gasteiger partial charge in [-0.05, 0) is 6.42 Å². The quantitative estimate of drug-likeness (QED) is 0.836. The predicted molar refractivity (Wildman–Crippen MR) is 75.8 cm³/mol. The van der Waals surface area contributed by atoms with Gasteiger partial charge in [-0.25, -0.2) is 9.97 Å². The Morgan fingerprint density at radius 3 is 2.85 bits per heavy atom. The summed E-state index contributed by atoms with van der Waals surface area (Å²) in [6.07, 6.45) is 11.3. The third kappa shape index (κ3) is 3.69. The summed E-state index contributed by atoms with van der Waals surface area (Å²) in [4.78, 5) is 20.3. The van der Waals surface area contributed by atoms with E-state index in [1.54, 1.807) is 18.7 Å². The molecule has 0 aliphatic heterocycles. The number of rotatable bonds is 7. The summed E-state index contributed by atoms with van der Waals surface area (Å²) in [6, 6.07) is -0.0183. The molecule has 0 unspecified atom stereocenters. The van der Waals surface area contributed by atoms with E-state index in [-0.39, 0.29) is 11.9 Å². The fourth-order valence-corrected chi connectivity index (χ4v) is 2.18. The van der Waals surface area contributed by atoms with E-state index in [1.165, 1.54) is 0 Å². The van der Waals surface area contributed by atoms with Gasteiger partial charge in [0.1, 0.15) is 5.82 Å². The van der Waals surface area contributed by atoms with Crippen LogP contribution in [-0.2, 0) is 18.4 Å². The Balaban J connectivity index is 1.91. The maximum absolute atomic E-state index is 12.0. The minimum Gasteiger partial charge on any atom is -0.346 e. The minimum absolute atomic E-state index is 0.0183. The van der Waals surface area contributed by atoms with Gasteiger partial charge in [-0.1, -0.05) is 13.3 Å². The summed E-state index contributed by atoms with van der Waals surface area (Å²) < 4.78 is 3.85. The third-order valence-corrected chi connectivity index (χ3v) is 3.24. The summed E-state index contributed by atoms with van der Waals surface area (Å²) in [5, 5.41) is 3.07. The van der Waals surface area contributed by atoms with Gasteiger partial charge in [0.05, 0.1) is 12.4 Å². The molecule has 2 heterocycles. The van der Waals surface area contributed by atoms with Crippen molar-refractivity contribution >= 4 is 5.91 Å². The van der Waals surface area contributed by atoms with Crippen LogP contribution in [0.2, 0.25) is 0 Å². The van der Waals surface area contributed by atoms with Crippen molar-refractivity contribution in [2.45, 2.75) is 38.8 Å².